The van der Waals surface area contributed by atoms with Crippen LogP contribution >= 0.6 is 23.2 Å². The number of hydrogen-bond donors (Lipinski definition) is 0. The summed E-state index contributed by atoms with van der Waals surface area (Å²) in [6.07, 6.45) is 5.81. The van der Waals surface area contributed by atoms with E-state index in [0.29, 0.717) is 5.54 Å². The van der Waals surface area contributed by atoms with Gasteiger partial charge in [-0.15, -0.1) is 23.2 Å². The topological polar surface area (TPSA) is 18.5 Å². The van der Waals surface area contributed by atoms with Crippen molar-refractivity contribution in [2.45, 2.75) is 42.5 Å². The number of halogens is 2. The average molecular weight is 271 g/mol. The van der Waals surface area contributed by atoms with Crippen molar-refractivity contribution < 1.29 is 8.85 Å². The van der Waals surface area contributed by atoms with Crippen molar-refractivity contribution in [2.75, 3.05) is 14.2 Å². The highest BCUT2D eigenvalue weighted by atomic mass is 35.5. The van der Waals surface area contributed by atoms with Gasteiger partial charge in [0.15, 0.2) is 0 Å². The van der Waals surface area contributed by atoms with E-state index in [1.165, 1.54) is 19.3 Å². The predicted molar refractivity (Wildman–Crippen MR) is 67.0 cm³/mol. The van der Waals surface area contributed by atoms with Crippen LogP contribution in [0.5, 0.6) is 0 Å². The second kappa shape index (κ2) is 7.12. The van der Waals surface area contributed by atoms with Crippen LogP contribution in [0.2, 0.25) is 5.54 Å². The monoisotopic (exact) mass is 270 g/mol. The van der Waals surface area contributed by atoms with Crippen molar-refractivity contribution in [3.8, 4) is 0 Å². The van der Waals surface area contributed by atoms with Gasteiger partial charge in [-0.05, 0) is 31.6 Å². The lowest BCUT2D eigenvalue weighted by atomic mass is 10.0. The molecule has 1 aliphatic rings. The zero-order valence-corrected chi connectivity index (χ0v) is 12.1. The van der Waals surface area contributed by atoms with Crippen molar-refractivity contribution in [1.82, 2.24) is 0 Å². The summed E-state index contributed by atoms with van der Waals surface area (Å²) < 4.78 is 10.8. The van der Waals surface area contributed by atoms with Crippen LogP contribution in [0.1, 0.15) is 32.1 Å². The molecule has 0 heterocycles. The molecular weight excluding hydrogens is 251 g/mol. The first-order valence-corrected chi connectivity index (χ1v) is 7.99. The molecule has 15 heavy (non-hydrogen) atoms. The number of alkyl halides is 2. The van der Waals surface area contributed by atoms with E-state index in [4.69, 9.17) is 32.1 Å². The van der Waals surface area contributed by atoms with Crippen LogP contribution < -0.4 is 0 Å². The Morgan fingerprint density at radius 3 is 2.47 bits per heavy atom. The standard InChI is InChI=1S/C10H20Cl2O2Si/c1-13-15(14-2)9-5-3-8(7-9)4-6-10(11)12/h8-10,15H,3-7H2,1-2H3. The zero-order chi connectivity index (χ0) is 11.3. The molecule has 0 saturated heterocycles. The van der Waals surface area contributed by atoms with E-state index in [1.807, 2.05) is 0 Å². The normalized spacial score (nSPS) is 26.8. The summed E-state index contributed by atoms with van der Waals surface area (Å²) >= 11 is 11.5. The van der Waals surface area contributed by atoms with Gasteiger partial charge in [0, 0.05) is 19.8 Å². The van der Waals surface area contributed by atoms with E-state index in [1.54, 1.807) is 14.2 Å². The molecule has 0 radical (unpaired) electrons. The van der Waals surface area contributed by atoms with Gasteiger partial charge in [-0.2, -0.15) is 0 Å². The molecule has 0 aromatic rings. The first-order chi connectivity index (χ1) is 7.17. The Morgan fingerprint density at radius 2 is 1.93 bits per heavy atom. The van der Waals surface area contributed by atoms with Crippen LogP contribution in [0.3, 0.4) is 0 Å². The third-order valence-corrected chi connectivity index (χ3v) is 5.97. The third-order valence-electron chi connectivity index (χ3n) is 3.22. The van der Waals surface area contributed by atoms with Gasteiger partial charge >= 0.3 is 9.28 Å². The van der Waals surface area contributed by atoms with Gasteiger partial charge in [-0.1, -0.05) is 6.42 Å². The fourth-order valence-electron chi connectivity index (χ4n) is 2.47. The Morgan fingerprint density at radius 1 is 1.27 bits per heavy atom. The Labute approximate surface area is 104 Å². The molecular formula is C10H20Cl2O2Si. The van der Waals surface area contributed by atoms with Gasteiger partial charge < -0.3 is 8.85 Å². The SMILES string of the molecule is CO[SiH](OC)C1CCC(CCC(Cl)Cl)C1. The fourth-order valence-corrected chi connectivity index (χ4v) is 4.75. The summed E-state index contributed by atoms with van der Waals surface area (Å²) in [4.78, 5) is -0.207. The highest BCUT2D eigenvalue weighted by Crippen LogP contribution is 2.40. The summed E-state index contributed by atoms with van der Waals surface area (Å²) in [6, 6.07) is 0. The maximum absolute atomic E-state index is 5.73. The van der Waals surface area contributed by atoms with E-state index >= 15 is 0 Å². The summed E-state index contributed by atoms with van der Waals surface area (Å²) in [5, 5.41) is 0. The van der Waals surface area contributed by atoms with Crippen molar-refractivity contribution in [3.05, 3.63) is 0 Å². The van der Waals surface area contributed by atoms with Crippen LogP contribution in [0.4, 0.5) is 0 Å². The number of rotatable bonds is 6. The van der Waals surface area contributed by atoms with Crippen LogP contribution in [0, 0.1) is 5.92 Å². The lowest BCUT2D eigenvalue weighted by Gasteiger charge is -2.18. The molecule has 1 saturated carbocycles. The van der Waals surface area contributed by atoms with Gasteiger partial charge in [0.25, 0.3) is 0 Å². The lowest BCUT2D eigenvalue weighted by molar-refractivity contribution is 0.263. The van der Waals surface area contributed by atoms with Gasteiger partial charge in [-0.25, -0.2) is 0 Å². The Hall–Kier alpha value is 0.717. The molecule has 0 aliphatic heterocycles. The summed E-state index contributed by atoms with van der Waals surface area (Å²) in [6.45, 7) is 0. The van der Waals surface area contributed by atoms with Crippen molar-refractivity contribution in [1.29, 1.82) is 0 Å². The number of hydrogen-bond acceptors (Lipinski definition) is 2. The second-order valence-corrected chi connectivity index (χ2v) is 8.15. The van der Waals surface area contributed by atoms with Crippen LogP contribution in [-0.2, 0) is 8.85 Å². The fraction of sp³-hybridized carbons (Fsp3) is 1.00. The van der Waals surface area contributed by atoms with Crippen LogP contribution in [0.25, 0.3) is 0 Å². The molecule has 0 aromatic carbocycles. The quantitative estimate of drug-likeness (QED) is 0.545. The molecule has 0 aromatic heterocycles. The van der Waals surface area contributed by atoms with Gasteiger partial charge in [0.2, 0.25) is 0 Å². The lowest BCUT2D eigenvalue weighted by Crippen LogP contribution is -2.24. The van der Waals surface area contributed by atoms with Crippen molar-refractivity contribution in [2.24, 2.45) is 5.92 Å². The molecule has 5 heteroatoms. The molecule has 1 aliphatic carbocycles. The summed E-state index contributed by atoms with van der Waals surface area (Å²) in [5.41, 5.74) is 0.675. The maximum atomic E-state index is 5.73. The first-order valence-electron chi connectivity index (χ1n) is 5.51. The molecule has 90 valence electrons. The Balaban J connectivity index is 2.25. The minimum atomic E-state index is -1.40. The molecule has 0 bridgehead atoms. The summed E-state index contributed by atoms with van der Waals surface area (Å²) in [7, 11) is 2.13. The van der Waals surface area contributed by atoms with E-state index < -0.39 is 9.28 Å². The Kier molecular flexibility index (Phi) is 6.54. The van der Waals surface area contributed by atoms with Gasteiger partial charge in [0.1, 0.15) is 4.84 Å². The maximum Gasteiger partial charge on any atom is 0.324 e. The molecule has 2 nitrogen and oxygen atoms in total. The van der Waals surface area contributed by atoms with E-state index in [-0.39, 0.29) is 4.84 Å². The molecule has 0 spiro atoms. The highest BCUT2D eigenvalue weighted by Gasteiger charge is 2.32. The average Bonchev–Trinajstić information content (AvgIpc) is 2.65. The van der Waals surface area contributed by atoms with Gasteiger partial charge in [0.05, 0.1) is 0 Å². The second-order valence-electron chi connectivity index (χ2n) is 4.25. The van der Waals surface area contributed by atoms with Crippen molar-refractivity contribution >= 4 is 32.5 Å². The van der Waals surface area contributed by atoms with Crippen molar-refractivity contribution in [3.63, 3.8) is 0 Å². The Bertz CT molecular complexity index is 177. The van der Waals surface area contributed by atoms with Crippen LogP contribution in [-0.4, -0.2) is 28.3 Å². The molecule has 2 unspecified atom stereocenters. The molecule has 2 atom stereocenters. The van der Waals surface area contributed by atoms with E-state index in [2.05, 4.69) is 0 Å². The predicted octanol–water partition coefficient (Wildman–Crippen LogP) is 3.25. The summed E-state index contributed by atoms with van der Waals surface area (Å²) in [5.74, 6) is 0.773. The van der Waals surface area contributed by atoms with E-state index in [9.17, 15) is 0 Å². The minimum Gasteiger partial charge on any atom is -0.400 e. The highest BCUT2D eigenvalue weighted by molar-refractivity contribution is 6.46. The molecule has 1 rings (SSSR count). The smallest absolute Gasteiger partial charge is 0.324 e. The minimum absolute atomic E-state index is 0.207. The van der Waals surface area contributed by atoms with E-state index in [0.717, 1.165) is 18.8 Å². The molecule has 0 amide bonds. The first kappa shape index (κ1) is 13.8. The third kappa shape index (κ3) is 4.61. The van der Waals surface area contributed by atoms with Crippen LogP contribution in [0.15, 0.2) is 0 Å². The van der Waals surface area contributed by atoms with Gasteiger partial charge in [-0.3, -0.25) is 0 Å². The largest absolute Gasteiger partial charge is 0.400 e. The molecule has 0 N–H and O–H groups in total. The zero-order valence-electron chi connectivity index (χ0n) is 9.42. The molecule has 1 fully saturated rings.